The van der Waals surface area contributed by atoms with Crippen molar-refractivity contribution in [3.63, 3.8) is 0 Å². The van der Waals surface area contributed by atoms with Crippen LogP contribution < -0.4 is 5.32 Å². The van der Waals surface area contributed by atoms with Gasteiger partial charge in [-0.15, -0.1) is 11.8 Å². The Morgan fingerprint density at radius 2 is 2.22 bits per heavy atom. The van der Waals surface area contributed by atoms with E-state index in [1.165, 1.54) is 24.3 Å². The highest BCUT2D eigenvalue weighted by atomic mass is 32.2. The van der Waals surface area contributed by atoms with Gasteiger partial charge in [0.1, 0.15) is 0 Å². The first kappa shape index (κ1) is 13.9. The van der Waals surface area contributed by atoms with Crippen molar-refractivity contribution < 1.29 is 0 Å². The summed E-state index contributed by atoms with van der Waals surface area (Å²) in [5, 5.41) is 9.91. The van der Waals surface area contributed by atoms with E-state index >= 15 is 0 Å². The SMILES string of the molecule is CNC1C(Sc2cc(C)nn2C)CCCC1(C)C. The summed E-state index contributed by atoms with van der Waals surface area (Å²) in [4.78, 5) is 0. The molecule has 0 saturated heterocycles. The summed E-state index contributed by atoms with van der Waals surface area (Å²) in [6.45, 7) is 6.83. The maximum absolute atomic E-state index is 4.44. The summed E-state index contributed by atoms with van der Waals surface area (Å²) in [6.07, 6.45) is 3.95. The lowest BCUT2D eigenvalue weighted by Gasteiger charge is -2.43. The van der Waals surface area contributed by atoms with Gasteiger partial charge in [0.05, 0.1) is 10.7 Å². The van der Waals surface area contributed by atoms with E-state index < -0.39 is 0 Å². The van der Waals surface area contributed by atoms with Crippen LogP contribution in [-0.4, -0.2) is 28.1 Å². The maximum atomic E-state index is 4.44. The molecule has 0 amide bonds. The molecule has 0 bridgehead atoms. The first-order valence-corrected chi connectivity index (χ1v) is 7.66. The Hall–Kier alpha value is -0.480. The number of aromatic nitrogens is 2. The molecule has 1 fully saturated rings. The quantitative estimate of drug-likeness (QED) is 0.913. The van der Waals surface area contributed by atoms with Gasteiger partial charge >= 0.3 is 0 Å². The second-order valence-electron chi connectivity index (χ2n) is 6.05. The summed E-state index contributed by atoms with van der Waals surface area (Å²) in [6, 6.07) is 2.77. The van der Waals surface area contributed by atoms with Crippen molar-refractivity contribution in [1.82, 2.24) is 15.1 Å². The van der Waals surface area contributed by atoms with Crippen molar-refractivity contribution in [2.24, 2.45) is 12.5 Å². The van der Waals surface area contributed by atoms with Crippen molar-refractivity contribution in [2.45, 2.75) is 56.4 Å². The summed E-state index contributed by atoms with van der Waals surface area (Å²) in [7, 11) is 4.14. The van der Waals surface area contributed by atoms with Gasteiger partial charge in [-0.2, -0.15) is 5.10 Å². The van der Waals surface area contributed by atoms with E-state index in [4.69, 9.17) is 0 Å². The average molecular weight is 267 g/mol. The minimum atomic E-state index is 0.387. The van der Waals surface area contributed by atoms with E-state index in [-0.39, 0.29) is 0 Å². The fourth-order valence-corrected chi connectivity index (χ4v) is 4.81. The molecule has 0 aromatic carbocycles. The van der Waals surface area contributed by atoms with Gasteiger partial charge in [-0.05, 0) is 38.3 Å². The van der Waals surface area contributed by atoms with Crippen LogP contribution in [0.5, 0.6) is 0 Å². The minimum Gasteiger partial charge on any atom is -0.315 e. The molecule has 0 radical (unpaired) electrons. The topological polar surface area (TPSA) is 29.9 Å². The van der Waals surface area contributed by atoms with E-state index in [2.05, 4.69) is 44.3 Å². The Labute approximate surface area is 115 Å². The summed E-state index contributed by atoms with van der Waals surface area (Å²) < 4.78 is 2.01. The monoisotopic (exact) mass is 267 g/mol. The van der Waals surface area contributed by atoms with Gasteiger partial charge < -0.3 is 5.32 Å². The van der Waals surface area contributed by atoms with Gasteiger partial charge in [0.25, 0.3) is 0 Å². The lowest BCUT2D eigenvalue weighted by molar-refractivity contribution is 0.182. The summed E-state index contributed by atoms with van der Waals surface area (Å²) in [5.41, 5.74) is 1.49. The van der Waals surface area contributed by atoms with Crippen molar-refractivity contribution in [3.05, 3.63) is 11.8 Å². The molecule has 1 aromatic rings. The molecule has 0 aliphatic heterocycles. The molecule has 2 atom stereocenters. The molecule has 1 saturated carbocycles. The van der Waals surface area contributed by atoms with Crippen molar-refractivity contribution >= 4 is 11.8 Å². The molecule has 4 heteroatoms. The fourth-order valence-electron chi connectivity index (χ4n) is 3.14. The van der Waals surface area contributed by atoms with Gasteiger partial charge in [-0.1, -0.05) is 20.3 Å². The van der Waals surface area contributed by atoms with Crippen LogP contribution in [0.25, 0.3) is 0 Å². The molecule has 3 nitrogen and oxygen atoms in total. The molecule has 0 spiro atoms. The Bertz CT molecular complexity index is 411. The second-order valence-corrected chi connectivity index (χ2v) is 7.31. The highest BCUT2D eigenvalue weighted by molar-refractivity contribution is 7.99. The minimum absolute atomic E-state index is 0.387. The maximum Gasteiger partial charge on any atom is 0.0942 e. The van der Waals surface area contributed by atoms with Crippen LogP contribution in [0.2, 0.25) is 0 Å². The largest absolute Gasteiger partial charge is 0.315 e. The Balaban J connectivity index is 2.14. The molecule has 1 aliphatic rings. The van der Waals surface area contributed by atoms with Crippen molar-refractivity contribution in [2.75, 3.05) is 7.05 Å². The van der Waals surface area contributed by atoms with Crippen LogP contribution in [0.3, 0.4) is 0 Å². The average Bonchev–Trinajstić information content (AvgIpc) is 2.56. The van der Waals surface area contributed by atoms with Gasteiger partial charge in [-0.3, -0.25) is 4.68 Å². The van der Waals surface area contributed by atoms with Gasteiger partial charge in [-0.25, -0.2) is 0 Å². The molecular weight excluding hydrogens is 242 g/mol. The molecule has 1 heterocycles. The number of hydrogen-bond donors (Lipinski definition) is 1. The number of aryl methyl sites for hydroxylation is 2. The third kappa shape index (κ3) is 2.75. The number of rotatable bonds is 3. The zero-order chi connectivity index (χ0) is 13.3. The number of hydrogen-bond acceptors (Lipinski definition) is 3. The predicted octanol–water partition coefficient (Wildman–Crippen LogP) is 2.99. The summed E-state index contributed by atoms with van der Waals surface area (Å²) >= 11 is 1.98. The molecule has 1 N–H and O–H groups in total. The van der Waals surface area contributed by atoms with E-state index in [0.29, 0.717) is 16.7 Å². The molecule has 102 valence electrons. The second kappa shape index (κ2) is 5.25. The first-order chi connectivity index (χ1) is 8.44. The molecule has 18 heavy (non-hydrogen) atoms. The van der Waals surface area contributed by atoms with Gasteiger partial charge in [0.2, 0.25) is 0 Å². The number of thioether (sulfide) groups is 1. The standard InChI is InChI=1S/C14H25N3S/c1-10-9-12(17(5)16-10)18-11-7-6-8-14(2,3)13(11)15-4/h9,11,13,15H,6-8H2,1-5H3. The van der Waals surface area contributed by atoms with E-state index in [1.54, 1.807) is 0 Å². The third-order valence-electron chi connectivity index (χ3n) is 4.07. The van der Waals surface area contributed by atoms with Crippen LogP contribution in [0.15, 0.2) is 11.1 Å². The number of nitrogens with zero attached hydrogens (tertiary/aromatic N) is 2. The predicted molar refractivity (Wildman–Crippen MR) is 78.1 cm³/mol. The van der Waals surface area contributed by atoms with E-state index in [9.17, 15) is 0 Å². The fraction of sp³-hybridized carbons (Fsp3) is 0.786. The van der Waals surface area contributed by atoms with Gasteiger partial charge in [0, 0.05) is 18.3 Å². The van der Waals surface area contributed by atoms with Crippen LogP contribution >= 0.6 is 11.8 Å². The zero-order valence-electron chi connectivity index (χ0n) is 12.2. The molecular formula is C14H25N3S. The molecule has 1 aromatic heterocycles. The third-order valence-corrected chi connectivity index (χ3v) is 5.50. The molecule has 1 aliphatic carbocycles. The smallest absolute Gasteiger partial charge is 0.0942 e. The van der Waals surface area contributed by atoms with Crippen LogP contribution in [0, 0.1) is 12.3 Å². The van der Waals surface area contributed by atoms with Crippen molar-refractivity contribution in [3.8, 4) is 0 Å². The van der Waals surface area contributed by atoms with E-state index in [1.807, 2.05) is 23.5 Å². The Morgan fingerprint density at radius 3 is 2.78 bits per heavy atom. The molecule has 2 rings (SSSR count). The van der Waals surface area contributed by atoms with E-state index in [0.717, 1.165) is 5.69 Å². The van der Waals surface area contributed by atoms with Crippen molar-refractivity contribution in [1.29, 1.82) is 0 Å². The van der Waals surface area contributed by atoms with Gasteiger partial charge in [0.15, 0.2) is 0 Å². The lowest BCUT2D eigenvalue weighted by Crippen LogP contribution is -2.50. The first-order valence-electron chi connectivity index (χ1n) is 6.78. The lowest BCUT2D eigenvalue weighted by atomic mass is 9.73. The highest BCUT2D eigenvalue weighted by Gasteiger charge is 2.38. The van der Waals surface area contributed by atoms with Crippen LogP contribution in [0.1, 0.15) is 38.8 Å². The number of nitrogens with one attached hydrogen (secondary N) is 1. The molecule has 2 unspecified atom stereocenters. The van der Waals surface area contributed by atoms with Crippen LogP contribution in [0.4, 0.5) is 0 Å². The normalized spacial score (nSPS) is 27.4. The zero-order valence-corrected chi connectivity index (χ0v) is 13.0. The summed E-state index contributed by atoms with van der Waals surface area (Å²) in [5.74, 6) is 0. The Kier molecular flexibility index (Phi) is 4.07. The van der Waals surface area contributed by atoms with Crippen LogP contribution in [-0.2, 0) is 7.05 Å². The Morgan fingerprint density at radius 1 is 1.50 bits per heavy atom. The highest BCUT2D eigenvalue weighted by Crippen LogP contribution is 2.42.